The zero-order valence-electron chi connectivity index (χ0n) is 14.4. The van der Waals surface area contributed by atoms with Crippen LogP contribution in [0, 0.1) is 13.8 Å². The Morgan fingerprint density at radius 1 is 1.20 bits per heavy atom. The molecule has 132 valence electrons. The number of benzene rings is 1. The third kappa shape index (κ3) is 4.02. The highest BCUT2D eigenvalue weighted by Gasteiger charge is 2.24. The zero-order chi connectivity index (χ0) is 18.0. The molecule has 0 radical (unpaired) electrons. The van der Waals surface area contributed by atoms with Crippen molar-refractivity contribution in [2.75, 3.05) is 16.8 Å². The average molecular weight is 361 g/mol. The smallest absolute Gasteiger partial charge is 0.228 e. The van der Waals surface area contributed by atoms with Gasteiger partial charge < -0.3 is 5.32 Å². The number of aryl methyl sites for hydroxylation is 3. The number of carbonyl (C=O) groups excluding carboxylic acids is 2. The quantitative estimate of drug-likeness (QED) is 0.909. The maximum Gasteiger partial charge on any atom is 0.228 e. The van der Waals surface area contributed by atoms with Crippen molar-refractivity contribution in [1.82, 2.24) is 9.78 Å². The van der Waals surface area contributed by atoms with E-state index >= 15 is 0 Å². The van der Waals surface area contributed by atoms with Gasteiger partial charge >= 0.3 is 0 Å². The number of fused-ring (bicyclic) bond motifs is 1. The molecule has 0 unspecified atom stereocenters. The molecule has 2 amide bonds. The van der Waals surface area contributed by atoms with Crippen LogP contribution in [0.4, 0.5) is 11.5 Å². The fourth-order valence-corrected chi connectivity index (χ4v) is 3.22. The lowest BCUT2D eigenvalue weighted by atomic mass is 10.2. The molecule has 0 atom stereocenters. The van der Waals surface area contributed by atoms with Crippen LogP contribution in [0.1, 0.15) is 30.5 Å². The Kier molecular flexibility index (Phi) is 5.08. The van der Waals surface area contributed by atoms with Gasteiger partial charge in [-0.05, 0) is 44.0 Å². The van der Waals surface area contributed by atoms with Gasteiger partial charge in [0.2, 0.25) is 11.8 Å². The molecule has 1 aromatic carbocycles. The molecular weight excluding hydrogens is 340 g/mol. The number of rotatable bonds is 4. The summed E-state index contributed by atoms with van der Waals surface area (Å²) in [5.74, 6) is 0.590. The number of aromatic nitrogens is 2. The Hall–Kier alpha value is -2.34. The van der Waals surface area contributed by atoms with E-state index in [1.807, 2.05) is 24.6 Å². The summed E-state index contributed by atoms with van der Waals surface area (Å²) < 4.78 is 1.86. The van der Waals surface area contributed by atoms with Gasteiger partial charge in [-0.2, -0.15) is 5.10 Å². The number of hydrogen-bond donors (Lipinski definition) is 1. The summed E-state index contributed by atoms with van der Waals surface area (Å²) in [5, 5.41) is 7.85. The van der Waals surface area contributed by atoms with Crippen LogP contribution in [0.15, 0.2) is 24.3 Å². The number of carbonyl (C=O) groups is 2. The summed E-state index contributed by atoms with van der Waals surface area (Å²) in [6.45, 7) is 5.28. The summed E-state index contributed by atoms with van der Waals surface area (Å²) >= 11 is 5.92. The van der Waals surface area contributed by atoms with E-state index in [4.69, 9.17) is 11.6 Å². The second kappa shape index (κ2) is 7.27. The summed E-state index contributed by atoms with van der Waals surface area (Å²) in [7, 11) is 0. The minimum absolute atomic E-state index is 0.0520. The molecule has 6 nitrogen and oxygen atoms in total. The molecule has 25 heavy (non-hydrogen) atoms. The van der Waals surface area contributed by atoms with E-state index in [1.165, 1.54) is 0 Å². The molecule has 1 aliphatic heterocycles. The van der Waals surface area contributed by atoms with Crippen LogP contribution in [-0.4, -0.2) is 28.1 Å². The van der Waals surface area contributed by atoms with Crippen molar-refractivity contribution < 1.29 is 9.59 Å². The molecule has 0 saturated carbocycles. The number of amides is 2. The Morgan fingerprint density at radius 3 is 2.76 bits per heavy atom. The topological polar surface area (TPSA) is 67.2 Å². The van der Waals surface area contributed by atoms with E-state index in [9.17, 15) is 9.59 Å². The van der Waals surface area contributed by atoms with Crippen LogP contribution >= 0.6 is 11.6 Å². The molecule has 7 heteroatoms. The van der Waals surface area contributed by atoms with Crippen LogP contribution in [0.2, 0.25) is 5.02 Å². The van der Waals surface area contributed by atoms with Crippen molar-refractivity contribution >= 4 is 34.9 Å². The average Bonchev–Trinajstić information content (AvgIpc) is 2.95. The van der Waals surface area contributed by atoms with E-state index in [1.54, 1.807) is 23.1 Å². The number of anilines is 2. The number of halogens is 1. The largest absolute Gasteiger partial charge is 0.326 e. The van der Waals surface area contributed by atoms with Gasteiger partial charge in [-0.15, -0.1) is 0 Å². The van der Waals surface area contributed by atoms with Gasteiger partial charge in [0, 0.05) is 42.7 Å². The summed E-state index contributed by atoms with van der Waals surface area (Å²) in [4.78, 5) is 26.4. The van der Waals surface area contributed by atoms with Crippen LogP contribution < -0.4 is 10.2 Å². The lowest BCUT2D eigenvalue weighted by Crippen LogP contribution is -2.37. The van der Waals surface area contributed by atoms with Gasteiger partial charge in [-0.1, -0.05) is 11.6 Å². The molecule has 0 fully saturated rings. The van der Waals surface area contributed by atoms with Crippen LogP contribution in [0.5, 0.6) is 0 Å². The van der Waals surface area contributed by atoms with Crippen molar-refractivity contribution in [3.8, 4) is 0 Å². The third-order valence-corrected chi connectivity index (χ3v) is 4.47. The maximum absolute atomic E-state index is 12.5. The maximum atomic E-state index is 12.5. The fourth-order valence-electron chi connectivity index (χ4n) is 2.99. The molecule has 1 N–H and O–H groups in total. The molecule has 3 rings (SSSR count). The zero-order valence-corrected chi connectivity index (χ0v) is 15.1. The Morgan fingerprint density at radius 2 is 2.00 bits per heavy atom. The Bertz CT molecular complexity index is 815. The standard InChI is InChI=1S/C18H21ClN4O2/c1-12-10-14(19)4-5-15(12)20-16(24)6-7-18(25)22-8-3-9-23-17(22)11-13(2)21-23/h4-5,10-11H,3,6-9H2,1-2H3,(H,20,24). The minimum Gasteiger partial charge on any atom is -0.326 e. The van der Waals surface area contributed by atoms with Gasteiger partial charge in [0.25, 0.3) is 0 Å². The van der Waals surface area contributed by atoms with Crippen molar-refractivity contribution in [3.63, 3.8) is 0 Å². The molecule has 2 aromatic rings. The lowest BCUT2D eigenvalue weighted by molar-refractivity contribution is -0.122. The minimum atomic E-state index is -0.180. The number of hydrogen-bond acceptors (Lipinski definition) is 3. The highest BCUT2D eigenvalue weighted by atomic mass is 35.5. The van der Waals surface area contributed by atoms with Crippen molar-refractivity contribution in [3.05, 3.63) is 40.5 Å². The van der Waals surface area contributed by atoms with E-state index in [0.717, 1.165) is 30.0 Å². The second-order valence-corrected chi connectivity index (χ2v) is 6.71. The van der Waals surface area contributed by atoms with E-state index in [0.29, 0.717) is 17.3 Å². The van der Waals surface area contributed by atoms with Crippen molar-refractivity contribution in [2.45, 2.75) is 39.7 Å². The first-order chi connectivity index (χ1) is 11.9. The molecule has 2 heterocycles. The van der Waals surface area contributed by atoms with Gasteiger partial charge in [0.15, 0.2) is 0 Å². The first-order valence-corrected chi connectivity index (χ1v) is 8.72. The molecule has 0 spiro atoms. The molecule has 0 bridgehead atoms. The molecule has 0 aliphatic carbocycles. The SMILES string of the molecule is Cc1cc2n(n1)CCCN2C(=O)CCC(=O)Nc1ccc(Cl)cc1C. The first kappa shape index (κ1) is 17.5. The number of nitrogens with zero attached hydrogens (tertiary/aromatic N) is 3. The normalized spacial score (nSPS) is 13.5. The highest BCUT2D eigenvalue weighted by molar-refractivity contribution is 6.30. The Balaban J connectivity index is 1.58. The Labute approximate surface area is 151 Å². The van der Waals surface area contributed by atoms with Crippen LogP contribution in [-0.2, 0) is 16.1 Å². The first-order valence-electron chi connectivity index (χ1n) is 8.35. The summed E-state index contributed by atoms with van der Waals surface area (Å²) in [6.07, 6.45) is 1.18. The molecule has 1 aromatic heterocycles. The van der Waals surface area contributed by atoms with Crippen LogP contribution in [0.25, 0.3) is 0 Å². The van der Waals surface area contributed by atoms with Gasteiger partial charge in [0.05, 0.1) is 5.69 Å². The van der Waals surface area contributed by atoms with E-state index in [2.05, 4.69) is 10.4 Å². The molecular formula is C18H21ClN4O2. The highest BCUT2D eigenvalue weighted by Crippen LogP contribution is 2.23. The fraction of sp³-hybridized carbons (Fsp3) is 0.389. The third-order valence-electron chi connectivity index (χ3n) is 4.24. The number of nitrogens with one attached hydrogen (secondary N) is 1. The molecule has 0 saturated heterocycles. The second-order valence-electron chi connectivity index (χ2n) is 6.27. The predicted molar refractivity (Wildman–Crippen MR) is 98.0 cm³/mol. The summed E-state index contributed by atoms with van der Waals surface area (Å²) in [6, 6.07) is 7.20. The van der Waals surface area contributed by atoms with Crippen molar-refractivity contribution in [2.24, 2.45) is 0 Å². The predicted octanol–water partition coefficient (Wildman–Crippen LogP) is 3.31. The lowest BCUT2D eigenvalue weighted by Gasteiger charge is -2.27. The van der Waals surface area contributed by atoms with Gasteiger partial charge in [-0.25, -0.2) is 4.68 Å². The summed E-state index contributed by atoms with van der Waals surface area (Å²) in [5.41, 5.74) is 2.50. The van der Waals surface area contributed by atoms with Gasteiger partial charge in [-0.3, -0.25) is 14.5 Å². The van der Waals surface area contributed by atoms with E-state index in [-0.39, 0.29) is 24.7 Å². The van der Waals surface area contributed by atoms with E-state index < -0.39 is 0 Å². The monoisotopic (exact) mass is 360 g/mol. The van der Waals surface area contributed by atoms with Crippen LogP contribution in [0.3, 0.4) is 0 Å². The van der Waals surface area contributed by atoms with Crippen molar-refractivity contribution in [1.29, 1.82) is 0 Å². The molecule has 1 aliphatic rings. The van der Waals surface area contributed by atoms with Gasteiger partial charge in [0.1, 0.15) is 5.82 Å².